The summed E-state index contributed by atoms with van der Waals surface area (Å²) in [6, 6.07) is 20.2. The van der Waals surface area contributed by atoms with E-state index in [2.05, 4.69) is 5.32 Å². The summed E-state index contributed by atoms with van der Waals surface area (Å²) in [4.78, 5) is 29.2. The number of hydrogen-bond donors (Lipinski definition) is 1. The molecule has 1 atom stereocenters. The molecule has 0 unspecified atom stereocenters. The fraction of sp³-hybridized carbons (Fsp3) is 0.333. The van der Waals surface area contributed by atoms with Crippen LogP contribution < -0.4 is 19.1 Å². The lowest BCUT2D eigenvalue weighted by Crippen LogP contribution is -2.53. The molecule has 41 heavy (non-hydrogen) atoms. The first-order valence-corrected chi connectivity index (χ1v) is 15.6. The van der Waals surface area contributed by atoms with Crippen LogP contribution in [0.15, 0.2) is 72.8 Å². The van der Waals surface area contributed by atoms with Gasteiger partial charge in [0.05, 0.1) is 11.9 Å². The fourth-order valence-corrected chi connectivity index (χ4v) is 5.60. The molecule has 0 aliphatic carbocycles. The van der Waals surface area contributed by atoms with Gasteiger partial charge in [-0.25, -0.2) is 8.42 Å². The van der Waals surface area contributed by atoms with Crippen molar-refractivity contribution >= 4 is 39.1 Å². The van der Waals surface area contributed by atoms with Crippen LogP contribution in [0.2, 0.25) is 5.02 Å². The quantitative estimate of drug-likeness (QED) is 0.292. The summed E-state index contributed by atoms with van der Waals surface area (Å²) < 4.78 is 37.7. The Morgan fingerprint density at radius 1 is 0.976 bits per heavy atom. The van der Waals surface area contributed by atoms with E-state index < -0.39 is 28.5 Å². The Bertz CT molecular complexity index is 1470. The van der Waals surface area contributed by atoms with E-state index >= 15 is 0 Å². The third-order valence-electron chi connectivity index (χ3n) is 6.67. The predicted octanol–water partition coefficient (Wildman–Crippen LogP) is 4.39. The number of halogens is 1. The zero-order valence-corrected chi connectivity index (χ0v) is 24.7. The number of unbranched alkanes of at least 4 members (excludes halogenated alkanes) is 1. The van der Waals surface area contributed by atoms with Crippen molar-refractivity contribution in [2.45, 2.75) is 38.8 Å². The third-order valence-corrected chi connectivity index (χ3v) is 8.04. The zero-order chi connectivity index (χ0) is 29.4. The molecule has 0 radical (unpaired) electrons. The molecular formula is C30H34ClN3O6S. The monoisotopic (exact) mass is 599 g/mol. The molecule has 0 aromatic heterocycles. The summed E-state index contributed by atoms with van der Waals surface area (Å²) >= 11 is 6.24. The molecule has 0 spiro atoms. The van der Waals surface area contributed by atoms with Crippen LogP contribution in [0, 0.1) is 0 Å². The smallest absolute Gasteiger partial charge is 0.244 e. The Kier molecular flexibility index (Phi) is 10.1. The van der Waals surface area contributed by atoms with Crippen LogP contribution in [0.4, 0.5) is 5.69 Å². The van der Waals surface area contributed by atoms with Gasteiger partial charge in [0.15, 0.2) is 11.5 Å². The number of ether oxygens (including phenoxy) is 2. The maximum Gasteiger partial charge on any atom is 0.244 e. The van der Waals surface area contributed by atoms with Crippen LogP contribution in [0.3, 0.4) is 0 Å². The van der Waals surface area contributed by atoms with Gasteiger partial charge < -0.3 is 19.7 Å². The standard InChI is InChI=1S/C30H34ClN3O6S/c1-3-4-15-32-30(36)26(17-22-9-6-5-7-10-22)33(19-23-11-8-12-24(31)16-23)29(35)20-34(41(2,37)38)25-13-14-27-28(18-25)40-21-39-27/h5-14,16,18,26H,3-4,15,17,19-21H2,1-2H3,(H,32,36)/t26-/m0/s1. The highest BCUT2D eigenvalue weighted by atomic mass is 35.5. The largest absolute Gasteiger partial charge is 0.454 e. The zero-order valence-electron chi connectivity index (χ0n) is 23.1. The maximum absolute atomic E-state index is 14.1. The molecule has 3 aromatic rings. The van der Waals surface area contributed by atoms with Crippen molar-refractivity contribution in [2.75, 3.05) is 30.4 Å². The van der Waals surface area contributed by atoms with Crippen LogP contribution in [0.5, 0.6) is 11.5 Å². The number of carbonyl (C=O) groups is 2. The average Bonchev–Trinajstić information content (AvgIpc) is 3.41. The highest BCUT2D eigenvalue weighted by Crippen LogP contribution is 2.36. The summed E-state index contributed by atoms with van der Waals surface area (Å²) in [5.41, 5.74) is 1.82. The molecule has 9 nitrogen and oxygen atoms in total. The second-order valence-corrected chi connectivity index (χ2v) is 12.2. The van der Waals surface area contributed by atoms with Gasteiger partial charge in [0.2, 0.25) is 28.6 Å². The van der Waals surface area contributed by atoms with E-state index in [0.717, 1.165) is 29.0 Å². The van der Waals surface area contributed by atoms with E-state index in [-0.39, 0.29) is 31.4 Å². The number of amides is 2. The number of sulfonamides is 1. The van der Waals surface area contributed by atoms with E-state index in [4.69, 9.17) is 21.1 Å². The molecule has 0 bridgehead atoms. The number of hydrogen-bond acceptors (Lipinski definition) is 6. The molecule has 3 aromatic carbocycles. The Labute approximate surface area is 246 Å². The highest BCUT2D eigenvalue weighted by Gasteiger charge is 2.33. The average molecular weight is 600 g/mol. The first kappa shape index (κ1) is 30.2. The van der Waals surface area contributed by atoms with Crippen LogP contribution in [-0.2, 0) is 32.6 Å². The molecule has 0 fully saturated rings. The van der Waals surface area contributed by atoms with Gasteiger partial charge in [0, 0.05) is 30.6 Å². The van der Waals surface area contributed by atoms with E-state index in [1.54, 1.807) is 30.3 Å². The molecule has 1 aliphatic heterocycles. The topological polar surface area (TPSA) is 105 Å². The molecule has 1 N–H and O–H groups in total. The Morgan fingerprint density at radius 3 is 2.41 bits per heavy atom. The van der Waals surface area contributed by atoms with E-state index in [1.165, 1.54) is 11.0 Å². The van der Waals surface area contributed by atoms with Crippen molar-refractivity contribution in [3.8, 4) is 11.5 Å². The summed E-state index contributed by atoms with van der Waals surface area (Å²) in [5.74, 6) is 0.0192. The molecule has 0 saturated carbocycles. The van der Waals surface area contributed by atoms with Gasteiger partial charge in [-0.15, -0.1) is 0 Å². The lowest BCUT2D eigenvalue weighted by Gasteiger charge is -2.33. The second kappa shape index (κ2) is 13.7. The Morgan fingerprint density at radius 2 is 1.71 bits per heavy atom. The van der Waals surface area contributed by atoms with Crippen molar-refractivity contribution in [3.05, 3.63) is 88.9 Å². The van der Waals surface area contributed by atoms with Crippen LogP contribution in [0.25, 0.3) is 0 Å². The SMILES string of the molecule is CCCCNC(=O)[C@H](Cc1ccccc1)N(Cc1cccc(Cl)c1)C(=O)CN(c1ccc2c(c1)OCO2)S(C)(=O)=O. The summed E-state index contributed by atoms with van der Waals surface area (Å²) in [6.45, 7) is 2.05. The van der Waals surface area contributed by atoms with Gasteiger partial charge in [-0.1, -0.05) is 67.4 Å². The molecule has 218 valence electrons. The first-order chi connectivity index (χ1) is 19.7. The fourth-order valence-electron chi connectivity index (χ4n) is 4.55. The number of benzene rings is 3. The number of anilines is 1. The maximum atomic E-state index is 14.1. The highest BCUT2D eigenvalue weighted by molar-refractivity contribution is 7.92. The Balaban J connectivity index is 1.71. The summed E-state index contributed by atoms with van der Waals surface area (Å²) in [7, 11) is -3.90. The van der Waals surface area contributed by atoms with Gasteiger partial charge in [-0.3, -0.25) is 13.9 Å². The van der Waals surface area contributed by atoms with Crippen molar-refractivity contribution in [3.63, 3.8) is 0 Å². The van der Waals surface area contributed by atoms with Crippen LogP contribution in [-0.4, -0.2) is 57.3 Å². The van der Waals surface area contributed by atoms with Crippen LogP contribution in [0.1, 0.15) is 30.9 Å². The normalized spacial score (nSPS) is 13.0. The number of nitrogens with one attached hydrogen (secondary N) is 1. The van der Waals surface area contributed by atoms with Crippen LogP contribution >= 0.6 is 11.6 Å². The number of fused-ring (bicyclic) bond motifs is 1. The molecular weight excluding hydrogens is 566 g/mol. The summed E-state index contributed by atoms with van der Waals surface area (Å²) in [5, 5.41) is 3.44. The number of nitrogens with zero attached hydrogens (tertiary/aromatic N) is 2. The van der Waals surface area contributed by atoms with Gasteiger partial charge >= 0.3 is 0 Å². The van der Waals surface area contributed by atoms with E-state index in [1.807, 2.05) is 43.3 Å². The molecule has 11 heteroatoms. The van der Waals surface area contributed by atoms with E-state index in [0.29, 0.717) is 28.6 Å². The van der Waals surface area contributed by atoms with E-state index in [9.17, 15) is 18.0 Å². The lowest BCUT2D eigenvalue weighted by molar-refractivity contribution is -0.140. The minimum Gasteiger partial charge on any atom is -0.454 e. The van der Waals surface area contributed by atoms with Gasteiger partial charge in [-0.2, -0.15) is 0 Å². The number of rotatable bonds is 13. The molecule has 1 heterocycles. The van der Waals surface area contributed by atoms with Gasteiger partial charge in [0.1, 0.15) is 12.6 Å². The van der Waals surface area contributed by atoms with Crippen molar-refractivity contribution < 1.29 is 27.5 Å². The lowest BCUT2D eigenvalue weighted by atomic mass is 10.0. The van der Waals surface area contributed by atoms with Crippen molar-refractivity contribution in [1.29, 1.82) is 0 Å². The molecule has 4 rings (SSSR count). The summed E-state index contributed by atoms with van der Waals surface area (Å²) in [6.07, 6.45) is 2.96. The number of carbonyl (C=O) groups excluding carboxylic acids is 2. The van der Waals surface area contributed by atoms with Gasteiger partial charge in [-0.05, 0) is 41.8 Å². The molecule has 0 saturated heterocycles. The molecule has 2 amide bonds. The predicted molar refractivity (Wildman–Crippen MR) is 159 cm³/mol. The minimum absolute atomic E-state index is 0.0261. The second-order valence-electron chi connectivity index (χ2n) is 9.81. The third kappa shape index (κ3) is 8.14. The molecule has 1 aliphatic rings. The minimum atomic E-state index is -3.90. The Hall–Kier alpha value is -3.76. The van der Waals surface area contributed by atoms with Crippen molar-refractivity contribution in [2.24, 2.45) is 0 Å². The van der Waals surface area contributed by atoms with Crippen molar-refractivity contribution in [1.82, 2.24) is 10.2 Å². The first-order valence-electron chi connectivity index (χ1n) is 13.4. The van der Waals surface area contributed by atoms with Gasteiger partial charge in [0.25, 0.3) is 0 Å².